The van der Waals surface area contributed by atoms with Gasteiger partial charge < -0.3 is 19.8 Å². The standard InChI is InChI=1S/C27H26N6O3/c1-3-28-27(34)32-26-30-21-14-20(15-22(25(21)31-26)33-13-7-12-29-33)19-10-11-23(35-2)24(16-19)36-17-18-8-5-4-6-9-18/h4-16H,3,17H2,1-2H3,(H3,28,30,31,32,34). The van der Waals surface area contributed by atoms with E-state index in [0.717, 1.165) is 27.9 Å². The van der Waals surface area contributed by atoms with Gasteiger partial charge in [0.05, 0.1) is 23.8 Å². The highest BCUT2D eigenvalue weighted by atomic mass is 16.5. The summed E-state index contributed by atoms with van der Waals surface area (Å²) in [6.07, 6.45) is 3.57. The number of aromatic amines is 1. The summed E-state index contributed by atoms with van der Waals surface area (Å²) in [6, 6.07) is 21.3. The molecule has 0 bridgehead atoms. The molecule has 2 aromatic heterocycles. The van der Waals surface area contributed by atoms with Gasteiger partial charge in [0.1, 0.15) is 6.61 Å². The van der Waals surface area contributed by atoms with E-state index < -0.39 is 0 Å². The predicted octanol–water partition coefficient (Wildman–Crippen LogP) is 5.14. The molecular weight excluding hydrogens is 456 g/mol. The minimum Gasteiger partial charge on any atom is -0.493 e. The zero-order valence-corrected chi connectivity index (χ0v) is 20.0. The van der Waals surface area contributed by atoms with Crippen LogP contribution in [-0.4, -0.2) is 39.4 Å². The lowest BCUT2D eigenvalue weighted by molar-refractivity contribution is 0.252. The Kier molecular flexibility index (Phi) is 6.53. The third-order valence-corrected chi connectivity index (χ3v) is 5.63. The highest BCUT2D eigenvalue weighted by Crippen LogP contribution is 2.35. The minimum absolute atomic E-state index is 0.326. The number of anilines is 1. The van der Waals surface area contributed by atoms with Crippen molar-refractivity contribution in [3.63, 3.8) is 0 Å². The smallest absolute Gasteiger partial charge is 0.321 e. The monoisotopic (exact) mass is 482 g/mol. The molecule has 0 aliphatic rings. The molecule has 0 unspecified atom stereocenters. The average Bonchev–Trinajstić information content (AvgIpc) is 3.57. The molecule has 36 heavy (non-hydrogen) atoms. The maximum atomic E-state index is 12.0. The summed E-state index contributed by atoms with van der Waals surface area (Å²) in [5.74, 6) is 1.64. The Morgan fingerprint density at radius 3 is 2.64 bits per heavy atom. The number of hydrogen-bond donors (Lipinski definition) is 3. The average molecular weight is 483 g/mol. The molecule has 0 spiro atoms. The highest BCUT2D eigenvalue weighted by Gasteiger charge is 2.15. The van der Waals surface area contributed by atoms with E-state index in [2.05, 4.69) is 25.7 Å². The Morgan fingerprint density at radius 2 is 1.89 bits per heavy atom. The zero-order chi connectivity index (χ0) is 24.9. The van der Waals surface area contributed by atoms with Crippen LogP contribution in [0.25, 0.3) is 27.8 Å². The summed E-state index contributed by atoms with van der Waals surface area (Å²) in [5, 5.41) is 9.85. The van der Waals surface area contributed by atoms with Crippen LogP contribution in [-0.2, 0) is 6.61 Å². The van der Waals surface area contributed by atoms with Crippen LogP contribution >= 0.6 is 0 Å². The van der Waals surface area contributed by atoms with Gasteiger partial charge in [-0.3, -0.25) is 5.32 Å². The SMILES string of the molecule is CCNC(=O)Nc1nc2cc(-c3ccc(OC)c(OCc4ccccc4)c3)cc(-n3cccn3)c2[nH]1. The number of fused-ring (bicyclic) bond motifs is 1. The van der Waals surface area contributed by atoms with Crippen LogP contribution in [0.5, 0.6) is 11.5 Å². The number of imidazole rings is 1. The lowest BCUT2D eigenvalue weighted by Crippen LogP contribution is -2.28. The Hall–Kier alpha value is -4.79. The predicted molar refractivity (Wildman–Crippen MR) is 139 cm³/mol. The maximum Gasteiger partial charge on any atom is 0.321 e. The Morgan fingerprint density at radius 1 is 1.03 bits per heavy atom. The number of nitrogens with zero attached hydrogens (tertiary/aromatic N) is 3. The molecule has 9 heteroatoms. The number of urea groups is 1. The van der Waals surface area contributed by atoms with Crippen LogP contribution in [0, 0.1) is 0 Å². The van der Waals surface area contributed by atoms with Gasteiger partial charge in [-0.15, -0.1) is 0 Å². The lowest BCUT2D eigenvalue weighted by Gasteiger charge is -2.13. The number of ether oxygens (including phenoxy) is 2. The van der Waals surface area contributed by atoms with Crippen LogP contribution < -0.4 is 20.1 Å². The van der Waals surface area contributed by atoms with Gasteiger partial charge in [0, 0.05) is 18.9 Å². The molecule has 9 nitrogen and oxygen atoms in total. The zero-order valence-electron chi connectivity index (χ0n) is 20.0. The number of benzene rings is 3. The van der Waals surface area contributed by atoms with Crippen molar-refractivity contribution in [3.8, 4) is 28.3 Å². The van der Waals surface area contributed by atoms with Gasteiger partial charge in [0.15, 0.2) is 11.5 Å². The highest BCUT2D eigenvalue weighted by molar-refractivity contribution is 5.94. The first-order valence-corrected chi connectivity index (χ1v) is 11.6. The number of carbonyl (C=O) groups is 1. The first kappa shape index (κ1) is 23.0. The molecule has 2 heterocycles. The van der Waals surface area contributed by atoms with Crippen molar-refractivity contribution in [1.29, 1.82) is 0 Å². The largest absolute Gasteiger partial charge is 0.493 e. The fourth-order valence-electron chi connectivity index (χ4n) is 3.93. The van der Waals surface area contributed by atoms with Gasteiger partial charge in [0.2, 0.25) is 5.95 Å². The van der Waals surface area contributed by atoms with E-state index in [1.165, 1.54) is 0 Å². The van der Waals surface area contributed by atoms with Crippen molar-refractivity contribution in [3.05, 3.63) is 84.7 Å². The third kappa shape index (κ3) is 4.85. The summed E-state index contributed by atoms with van der Waals surface area (Å²) in [5.41, 5.74) is 5.14. The quantitative estimate of drug-likeness (QED) is 0.284. The van der Waals surface area contributed by atoms with Gasteiger partial charge in [0.25, 0.3) is 0 Å². The van der Waals surface area contributed by atoms with Crippen LogP contribution in [0.3, 0.4) is 0 Å². The molecule has 0 saturated heterocycles. The third-order valence-electron chi connectivity index (χ3n) is 5.63. The molecule has 5 rings (SSSR count). The van der Waals surface area contributed by atoms with E-state index in [-0.39, 0.29) is 6.03 Å². The number of aromatic nitrogens is 4. The molecule has 3 N–H and O–H groups in total. The van der Waals surface area contributed by atoms with Crippen molar-refractivity contribution >= 4 is 23.0 Å². The second-order valence-corrected chi connectivity index (χ2v) is 8.05. The molecule has 2 amide bonds. The second kappa shape index (κ2) is 10.2. The summed E-state index contributed by atoms with van der Waals surface area (Å²) >= 11 is 0. The molecular formula is C27H26N6O3. The Labute approximate surface area is 208 Å². The van der Waals surface area contributed by atoms with Gasteiger partial charge in [-0.25, -0.2) is 14.5 Å². The van der Waals surface area contributed by atoms with E-state index in [4.69, 9.17) is 9.47 Å². The van der Waals surface area contributed by atoms with E-state index >= 15 is 0 Å². The number of H-pyrrole nitrogens is 1. The van der Waals surface area contributed by atoms with Gasteiger partial charge in [-0.05, 0) is 53.9 Å². The van der Waals surface area contributed by atoms with E-state index in [1.807, 2.05) is 79.9 Å². The van der Waals surface area contributed by atoms with Crippen molar-refractivity contribution in [2.45, 2.75) is 13.5 Å². The molecule has 0 fully saturated rings. The molecule has 0 radical (unpaired) electrons. The minimum atomic E-state index is -0.326. The first-order chi connectivity index (χ1) is 17.6. The van der Waals surface area contributed by atoms with Crippen molar-refractivity contribution < 1.29 is 14.3 Å². The van der Waals surface area contributed by atoms with Crippen LogP contribution in [0.2, 0.25) is 0 Å². The molecule has 0 aliphatic heterocycles. The number of carbonyl (C=O) groups excluding carboxylic acids is 1. The van der Waals surface area contributed by atoms with Crippen molar-refractivity contribution in [2.24, 2.45) is 0 Å². The second-order valence-electron chi connectivity index (χ2n) is 8.05. The van der Waals surface area contributed by atoms with Crippen LogP contribution in [0.1, 0.15) is 12.5 Å². The molecule has 5 aromatic rings. The normalized spacial score (nSPS) is 10.8. The van der Waals surface area contributed by atoms with Crippen LogP contribution in [0.15, 0.2) is 79.1 Å². The molecule has 3 aromatic carbocycles. The van der Waals surface area contributed by atoms with Gasteiger partial charge >= 0.3 is 6.03 Å². The van der Waals surface area contributed by atoms with Crippen molar-refractivity contribution in [1.82, 2.24) is 25.1 Å². The fraction of sp³-hybridized carbons (Fsp3) is 0.148. The Balaban J connectivity index is 1.54. The summed E-state index contributed by atoms with van der Waals surface area (Å²) in [4.78, 5) is 19.8. The molecule has 182 valence electrons. The molecule has 0 saturated carbocycles. The van der Waals surface area contributed by atoms with Gasteiger partial charge in [-0.2, -0.15) is 5.10 Å². The maximum absolute atomic E-state index is 12.0. The van der Waals surface area contributed by atoms with Gasteiger partial charge in [-0.1, -0.05) is 36.4 Å². The summed E-state index contributed by atoms with van der Waals surface area (Å²) in [7, 11) is 1.62. The van der Waals surface area contributed by atoms with E-state index in [1.54, 1.807) is 18.0 Å². The molecule has 0 aliphatic carbocycles. The number of amides is 2. The Bertz CT molecular complexity index is 1480. The number of hydrogen-bond acceptors (Lipinski definition) is 5. The number of methoxy groups -OCH3 is 1. The number of nitrogens with one attached hydrogen (secondary N) is 3. The number of rotatable bonds is 8. The van der Waals surface area contributed by atoms with Crippen molar-refractivity contribution in [2.75, 3.05) is 19.0 Å². The topological polar surface area (TPSA) is 106 Å². The summed E-state index contributed by atoms with van der Waals surface area (Å²) < 4.78 is 13.4. The lowest BCUT2D eigenvalue weighted by atomic mass is 10.0. The summed E-state index contributed by atoms with van der Waals surface area (Å²) in [6.45, 7) is 2.79. The fourth-order valence-corrected chi connectivity index (χ4v) is 3.93. The van der Waals surface area contributed by atoms with E-state index in [0.29, 0.717) is 36.1 Å². The van der Waals surface area contributed by atoms with Crippen LogP contribution in [0.4, 0.5) is 10.7 Å². The molecule has 0 atom stereocenters. The van der Waals surface area contributed by atoms with E-state index in [9.17, 15) is 4.79 Å². The first-order valence-electron chi connectivity index (χ1n) is 11.6.